The summed E-state index contributed by atoms with van der Waals surface area (Å²) in [6.45, 7) is 7.29. The molecule has 0 aliphatic rings. The Kier molecular flexibility index (Phi) is 7.47. The van der Waals surface area contributed by atoms with Gasteiger partial charge >= 0.3 is 5.97 Å². The summed E-state index contributed by atoms with van der Waals surface area (Å²) in [5.74, 6) is -0.549. The third-order valence-electron chi connectivity index (χ3n) is 4.46. The number of aryl methyl sites for hydroxylation is 1. The van der Waals surface area contributed by atoms with E-state index in [1.54, 1.807) is 0 Å². The number of carbonyl (C=O) groups excluding carboxylic acids is 2. The number of hydrogen-bond donors (Lipinski definition) is 1. The molecule has 0 aliphatic carbocycles. The molecule has 29 heavy (non-hydrogen) atoms. The minimum Gasteiger partial charge on any atom is -0.452 e. The van der Waals surface area contributed by atoms with Crippen LogP contribution in [0, 0.1) is 23.0 Å². The largest absolute Gasteiger partial charge is 0.452 e. The second-order valence-electron chi connectivity index (χ2n) is 7.46. The summed E-state index contributed by atoms with van der Waals surface area (Å²) < 4.78 is 5.02. The molecule has 0 saturated heterocycles. The first kappa shape index (κ1) is 22.1. The van der Waals surface area contributed by atoms with Gasteiger partial charge in [0.25, 0.3) is 11.6 Å². The maximum absolute atomic E-state index is 12.1. The van der Waals surface area contributed by atoms with Crippen molar-refractivity contribution in [2.75, 3.05) is 6.61 Å². The number of nitrogens with zero attached hydrogens (tertiary/aromatic N) is 1. The smallest absolute Gasteiger partial charge is 0.338 e. The maximum Gasteiger partial charge on any atom is 0.338 e. The van der Waals surface area contributed by atoms with Crippen LogP contribution in [0.2, 0.25) is 0 Å². The van der Waals surface area contributed by atoms with Crippen molar-refractivity contribution in [3.8, 4) is 0 Å². The summed E-state index contributed by atoms with van der Waals surface area (Å²) in [4.78, 5) is 34.5. The van der Waals surface area contributed by atoms with E-state index in [0.717, 1.165) is 12.0 Å². The van der Waals surface area contributed by atoms with Crippen LogP contribution in [0.5, 0.6) is 0 Å². The molecule has 0 spiro atoms. The maximum atomic E-state index is 12.1. The van der Waals surface area contributed by atoms with E-state index in [1.165, 1.54) is 30.7 Å². The lowest BCUT2D eigenvalue weighted by atomic mass is 10.00. The lowest BCUT2D eigenvalue weighted by Gasteiger charge is -2.15. The number of nitro groups is 1. The van der Waals surface area contributed by atoms with Gasteiger partial charge in [-0.1, -0.05) is 38.1 Å². The molecule has 7 nitrogen and oxygen atoms in total. The van der Waals surface area contributed by atoms with E-state index in [9.17, 15) is 19.7 Å². The quantitative estimate of drug-likeness (QED) is 0.409. The van der Waals surface area contributed by atoms with Crippen molar-refractivity contribution >= 4 is 17.6 Å². The van der Waals surface area contributed by atoms with Gasteiger partial charge in [0.1, 0.15) is 0 Å². The van der Waals surface area contributed by atoms with Crippen molar-refractivity contribution in [3.63, 3.8) is 0 Å². The molecule has 2 aromatic carbocycles. The highest BCUT2D eigenvalue weighted by Crippen LogP contribution is 2.19. The lowest BCUT2D eigenvalue weighted by Crippen LogP contribution is -2.31. The number of esters is 1. The number of benzene rings is 2. The van der Waals surface area contributed by atoms with Gasteiger partial charge in [0, 0.05) is 11.6 Å². The molecule has 0 heterocycles. The SMILES string of the molecule is Cc1cc(C(=O)OCC(=O)N[C@H](C)c2ccc(CC(C)C)cc2)ccc1[N+](=O)[O-]. The van der Waals surface area contributed by atoms with Crippen LogP contribution in [0.4, 0.5) is 5.69 Å². The zero-order valence-electron chi connectivity index (χ0n) is 17.1. The molecule has 1 atom stereocenters. The van der Waals surface area contributed by atoms with Crippen molar-refractivity contribution in [1.82, 2.24) is 5.32 Å². The highest BCUT2D eigenvalue weighted by Gasteiger charge is 2.16. The van der Waals surface area contributed by atoms with Crippen LogP contribution < -0.4 is 5.32 Å². The minimum absolute atomic E-state index is 0.0764. The number of hydrogen-bond acceptors (Lipinski definition) is 5. The van der Waals surface area contributed by atoms with Crippen LogP contribution in [0.1, 0.15) is 53.9 Å². The fourth-order valence-corrected chi connectivity index (χ4v) is 2.98. The van der Waals surface area contributed by atoms with Crippen molar-refractivity contribution in [1.29, 1.82) is 0 Å². The molecule has 2 rings (SSSR count). The molecule has 0 aromatic heterocycles. The second-order valence-corrected chi connectivity index (χ2v) is 7.46. The summed E-state index contributed by atoms with van der Waals surface area (Å²) in [7, 11) is 0. The van der Waals surface area contributed by atoms with Crippen LogP contribution in [-0.4, -0.2) is 23.4 Å². The molecule has 0 fully saturated rings. The predicted molar refractivity (Wildman–Crippen MR) is 110 cm³/mol. The number of rotatable bonds is 8. The summed E-state index contributed by atoms with van der Waals surface area (Å²) >= 11 is 0. The predicted octanol–water partition coefficient (Wildman–Crippen LogP) is 4.14. The number of nitro benzene ring substituents is 1. The van der Waals surface area contributed by atoms with Gasteiger partial charge in [0.2, 0.25) is 0 Å². The average Bonchev–Trinajstić information content (AvgIpc) is 2.65. The van der Waals surface area contributed by atoms with Gasteiger partial charge in [-0.05, 0) is 49.4 Å². The van der Waals surface area contributed by atoms with Crippen LogP contribution in [0.25, 0.3) is 0 Å². The van der Waals surface area contributed by atoms with Crippen molar-refractivity contribution in [3.05, 3.63) is 74.8 Å². The van der Waals surface area contributed by atoms with Gasteiger partial charge in [-0.15, -0.1) is 0 Å². The number of carbonyl (C=O) groups is 2. The first-order valence-electron chi connectivity index (χ1n) is 9.47. The highest BCUT2D eigenvalue weighted by atomic mass is 16.6. The van der Waals surface area contributed by atoms with E-state index >= 15 is 0 Å². The molecule has 2 aromatic rings. The molecular weight excluding hydrogens is 372 g/mol. The van der Waals surface area contributed by atoms with Gasteiger partial charge in [-0.25, -0.2) is 4.79 Å². The van der Waals surface area contributed by atoms with Crippen molar-refractivity contribution < 1.29 is 19.2 Å². The topological polar surface area (TPSA) is 98.5 Å². The average molecular weight is 398 g/mol. The normalized spacial score (nSPS) is 11.8. The monoisotopic (exact) mass is 398 g/mol. The lowest BCUT2D eigenvalue weighted by molar-refractivity contribution is -0.385. The zero-order valence-corrected chi connectivity index (χ0v) is 17.1. The van der Waals surface area contributed by atoms with E-state index in [2.05, 4.69) is 31.3 Å². The van der Waals surface area contributed by atoms with Crippen LogP contribution in [0.15, 0.2) is 42.5 Å². The highest BCUT2D eigenvalue weighted by molar-refractivity contribution is 5.91. The first-order chi connectivity index (χ1) is 13.7. The van der Waals surface area contributed by atoms with E-state index in [1.807, 2.05) is 19.1 Å². The van der Waals surface area contributed by atoms with Gasteiger partial charge < -0.3 is 10.1 Å². The van der Waals surface area contributed by atoms with Crippen LogP contribution >= 0.6 is 0 Å². The molecule has 1 amide bonds. The van der Waals surface area contributed by atoms with Gasteiger partial charge in [0.05, 0.1) is 16.5 Å². The Labute approximate surface area is 170 Å². The standard InChI is InChI=1S/C22H26N2O5/c1-14(2)11-17-5-7-18(8-6-17)16(4)23-21(25)13-29-22(26)19-9-10-20(24(27)28)15(3)12-19/h5-10,12,14,16H,11,13H2,1-4H3,(H,23,25)/t16-/m1/s1. The minimum atomic E-state index is -0.705. The van der Waals surface area contributed by atoms with Crippen LogP contribution in [-0.2, 0) is 16.0 Å². The van der Waals surface area contributed by atoms with E-state index in [4.69, 9.17) is 4.74 Å². The van der Waals surface area contributed by atoms with E-state index in [-0.39, 0.29) is 17.3 Å². The fourth-order valence-electron chi connectivity index (χ4n) is 2.98. The molecule has 7 heteroatoms. The Morgan fingerprint density at radius 2 is 1.76 bits per heavy atom. The number of amides is 1. The first-order valence-corrected chi connectivity index (χ1v) is 9.47. The Balaban J connectivity index is 1.88. The summed E-state index contributed by atoms with van der Waals surface area (Å²) in [6.07, 6.45) is 0.999. The Bertz CT molecular complexity index is 891. The van der Waals surface area contributed by atoms with Crippen molar-refractivity contribution in [2.24, 2.45) is 5.92 Å². The molecule has 0 aliphatic heterocycles. The van der Waals surface area contributed by atoms with Crippen molar-refractivity contribution in [2.45, 2.75) is 40.2 Å². The molecule has 0 saturated carbocycles. The third-order valence-corrected chi connectivity index (χ3v) is 4.46. The van der Waals surface area contributed by atoms with Gasteiger partial charge in [0.15, 0.2) is 6.61 Å². The van der Waals surface area contributed by atoms with Gasteiger partial charge in [-0.2, -0.15) is 0 Å². The Morgan fingerprint density at radius 3 is 2.31 bits per heavy atom. The Hall–Kier alpha value is -3.22. The molecule has 0 radical (unpaired) electrons. The summed E-state index contributed by atoms with van der Waals surface area (Å²) in [5.41, 5.74) is 2.64. The Morgan fingerprint density at radius 1 is 1.10 bits per heavy atom. The zero-order chi connectivity index (χ0) is 21.6. The summed E-state index contributed by atoms with van der Waals surface area (Å²) in [6, 6.07) is 11.8. The molecule has 0 bridgehead atoms. The summed E-state index contributed by atoms with van der Waals surface area (Å²) in [5, 5.41) is 13.6. The number of nitrogens with one attached hydrogen (secondary N) is 1. The third kappa shape index (κ3) is 6.41. The fraction of sp³-hybridized carbons (Fsp3) is 0.364. The molecular formula is C22H26N2O5. The second kappa shape index (κ2) is 9.82. The van der Waals surface area contributed by atoms with E-state index < -0.39 is 23.4 Å². The molecule has 0 unspecified atom stereocenters. The molecule has 1 N–H and O–H groups in total. The molecule has 154 valence electrons. The van der Waals surface area contributed by atoms with Gasteiger partial charge in [-0.3, -0.25) is 14.9 Å². The number of ether oxygens (including phenoxy) is 1. The van der Waals surface area contributed by atoms with E-state index in [0.29, 0.717) is 11.5 Å². The van der Waals surface area contributed by atoms with Crippen LogP contribution in [0.3, 0.4) is 0 Å².